The molecule has 0 saturated carbocycles. The van der Waals surface area contributed by atoms with E-state index >= 15 is 0 Å². The second-order valence-corrected chi connectivity index (χ2v) is 4.88. The summed E-state index contributed by atoms with van der Waals surface area (Å²) >= 11 is 0. The minimum absolute atomic E-state index is 0.233. The van der Waals surface area contributed by atoms with Crippen molar-refractivity contribution >= 4 is 11.9 Å². The molecule has 0 radical (unpaired) electrons. The van der Waals surface area contributed by atoms with Crippen molar-refractivity contribution in [2.24, 2.45) is 5.92 Å². The molecule has 1 N–H and O–H groups in total. The summed E-state index contributed by atoms with van der Waals surface area (Å²) in [6, 6.07) is 1.79. The van der Waals surface area contributed by atoms with Crippen molar-refractivity contribution in [3.05, 3.63) is 11.8 Å². The van der Waals surface area contributed by atoms with E-state index in [1.54, 1.807) is 13.2 Å². The molecule has 0 bridgehead atoms. The van der Waals surface area contributed by atoms with Gasteiger partial charge < -0.3 is 14.7 Å². The molecule has 0 amide bonds. The Bertz CT molecular complexity index is 464. The molecule has 1 aliphatic rings. The Morgan fingerprint density at radius 1 is 1.58 bits per heavy atom. The van der Waals surface area contributed by atoms with Gasteiger partial charge in [-0.2, -0.15) is 4.98 Å². The lowest BCUT2D eigenvalue weighted by atomic mass is 10.0. The summed E-state index contributed by atoms with van der Waals surface area (Å²) in [5.74, 6) is 0.921. The van der Waals surface area contributed by atoms with Crippen molar-refractivity contribution in [1.82, 2.24) is 9.97 Å². The van der Waals surface area contributed by atoms with Crippen LogP contribution in [0.1, 0.15) is 25.0 Å². The first-order valence-corrected chi connectivity index (χ1v) is 6.45. The van der Waals surface area contributed by atoms with Gasteiger partial charge in [0.1, 0.15) is 0 Å². The minimum atomic E-state index is -0.730. The van der Waals surface area contributed by atoms with Crippen LogP contribution in [0, 0.1) is 12.8 Å². The van der Waals surface area contributed by atoms with Crippen LogP contribution in [-0.2, 0) is 4.79 Å². The van der Waals surface area contributed by atoms with Gasteiger partial charge in [-0.1, -0.05) is 0 Å². The van der Waals surface area contributed by atoms with E-state index in [0.717, 1.165) is 31.6 Å². The molecule has 19 heavy (non-hydrogen) atoms. The SMILES string of the molecule is COc1cc(C)nc(N2CCC(CCC(=O)O)C2)n1. The Labute approximate surface area is 112 Å². The average molecular weight is 265 g/mol. The van der Waals surface area contributed by atoms with Crippen LogP contribution in [0.2, 0.25) is 0 Å². The first-order valence-electron chi connectivity index (χ1n) is 6.45. The van der Waals surface area contributed by atoms with Crippen LogP contribution in [0.3, 0.4) is 0 Å². The molecule has 1 aromatic heterocycles. The van der Waals surface area contributed by atoms with Crippen LogP contribution < -0.4 is 9.64 Å². The highest BCUT2D eigenvalue weighted by molar-refractivity contribution is 5.66. The summed E-state index contributed by atoms with van der Waals surface area (Å²) in [5, 5.41) is 8.71. The van der Waals surface area contributed by atoms with Crippen molar-refractivity contribution in [1.29, 1.82) is 0 Å². The van der Waals surface area contributed by atoms with E-state index in [4.69, 9.17) is 9.84 Å². The normalized spacial score (nSPS) is 18.6. The number of anilines is 1. The molecule has 1 fully saturated rings. The maximum Gasteiger partial charge on any atom is 0.303 e. The molecule has 1 saturated heterocycles. The van der Waals surface area contributed by atoms with Crippen molar-refractivity contribution in [2.45, 2.75) is 26.2 Å². The number of aryl methyl sites for hydroxylation is 1. The number of methoxy groups -OCH3 is 1. The standard InChI is InChI=1S/C13H19N3O3/c1-9-7-11(19-2)15-13(14-9)16-6-5-10(8-16)3-4-12(17)18/h7,10H,3-6,8H2,1-2H3,(H,17,18). The molecule has 2 heterocycles. The maximum absolute atomic E-state index is 10.6. The van der Waals surface area contributed by atoms with Crippen LogP contribution in [0.4, 0.5) is 5.95 Å². The van der Waals surface area contributed by atoms with E-state index in [-0.39, 0.29) is 6.42 Å². The summed E-state index contributed by atoms with van der Waals surface area (Å²) in [5.41, 5.74) is 0.871. The summed E-state index contributed by atoms with van der Waals surface area (Å²) in [7, 11) is 1.59. The van der Waals surface area contributed by atoms with E-state index < -0.39 is 5.97 Å². The van der Waals surface area contributed by atoms with Crippen LogP contribution in [-0.4, -0.2) is 41.2 Å². The largest absolute Gasteiger partial charge is 0.481 e. The van der Waals surface area contributed by atoms with Crippen molar-refractivity contribution in [2.75, 3.05) is 25.1 Å². The maximum atomic E-state index is 10.6. The highest BCUT2D eigenvalue weighted by Crippen LogP contribution is 2.25. The highest BCUT2D eigenvalue weighted by atomic mass is 16.5. The minimum Gasteiger partial charge on any atom is -0.481 e. The van der Waals surface area contributed by atoms with E-state index in [0.29, 0.717) is 17.7 Å². The first kappa shape index (κ1) is 13.6. The quantitative estimate of drug-likeness (QED) is 0.869. The molecule has 6 heteroatoms. The number of aromatic nitrogens is 2. The third-order valence-electron chi connectivity index (χ3n) is 3.36. The summed E-state index contributed by atoms with van der Waals surface area (Å²) < 4.78 is 5.15. The predicted octanol–water partition coefficient (Wildman–Crippen LogP) is 1.48. The fourth-order valence-corrected chi connectivity index (χ4v) is 2.35. The number of carboxylic acid groups (broad SMARTS) is 1. The Morgan fingerprint density at radius 3 is 3.05 bits per heavy atom. The van der Waals surface area contributed by atoms with Crippen LogP contribution in [0.15, 0.2) is 6.07 Å². The van der Waals surface area contributed by atoms with E-state index in [2.05, 4.69) is 14.9 Å². The molecule has 0 spiro atoms. The Balaban J connectivity index is 2.00. The zero-order chi connectivity index (χ0) is 13.8. The third kappa shape index (κ3) is 3.56. The molecule has 1 unspecified atom stereocenters. The van der Waals surface area contributed by atoms with Crippen molar-refractivity contribution < 1.29 is 14.6 Å². The number of nitrogens with zero attached hydrogens (tertiary/aromatic N) is 3. The molecule has 2 rings (SSSR count). The number of rotatable bonds is 5. The Morgan fingerprint density at radius 2 is 2.37 bits per heavy atom. The molecule has 1 aromatic rings. The van der Waals surface area contributed by atoms with Gasteiger partial charge in [-0.05, 0) is 25.7 Å². The zero-order valence-corrected chi connectivity index (χ0v) is 11.3. The molecular weight excluding hydrogens is 246 g/mol. The number of hydrogen-bond acceptors (Lipinski definition) is 5. The van der Waals surface area contributed by atoms with Gasteiger partial charge in [-0.15, -0.1) is 0 Å². The van der Waals surface area contributed by atoms with Crippen LogP contribution >= 0.6 is 0 Å². The third-order valence-corrected chi connectivity index (χ3v) is 3.36. The number of carbonyl (C=O) groups is 1. The second kappa shape index (κ2) is 5.86. The van der Waals surface area contributed by atoms with Gasteiger partial charge in [0, 0.05) is 31.3 Å². The molecule has 1 atom stereocenters. The molecule has 6 nitrogen and oxygen atoms in total. The molecule has 0 aromatic carbocycles. The molecule has 0 aliphatic carbocycles. The average Bonchev–Trinajstić information content (AvgIpc) is 2.84. The van der Waals surface area contributed by atoms with Crippen LogP contribution in [0.25, 0.3) is 0 Å². The second-order valence-electron chi connectivity index (χ2n) is 4.88. The first-order chi connectivity index (χ1) is 9.08. The zero-order valence-electron chi connectivity index (χ0n) is 11.3. The number of aliphatic carboxylic acids is 1. The summed E-state index contributed by atoms with van der Waals surface area (Å²) in [6.07, 6.45) is 1.94. The Hall–Kier alpha value is -1.85. The fourth-order valence-electron chi connectivity index (χ4n) is 2.35. The summed E-state index contributed by atoms with van der Waals surface area (Å²) in [4.78, 5) is 21.4. The smallest absolute Gasteiger partial charge is 0.303 e. The molecular formula is C13H19N3O3. The van der Waals surface area contributed by atoms with Crippen LogP contribution in [0.5, 0.6) is 5.88 Å². The lowest BCUT2D eigenvalue weighted by molar-refractivity contribution is -0.137. The van der Waals surface area contributed by atoms with Crippen molar-refractivity contribution in [3.8, 4) is 5.88 Å². The lowest BCUT2D eigenvalue weighted by Gasteiger charge is -2.17. The van der Waals surface area contributed by atoms with E-state index in [9.17, 15) is 4.79 Å². The van der Waals surface area contributed by atoms with Gasteiger partial charge in [-0.3, -0.25) is 4.79 Å². The predicted molar refractivity (Wildman–Crippen MR) is 70.5 cm³/mol. The van der Waals surface area contributed by atoms with E-state index in [1.807, 2.05) is 6.92 Å². The summed E-state index contributed by atoms with van der Waals surface area (Å²) in [6.45, 7) is 3.60. The topological polar surface area (TPSA) is 75.5 Å². The molecule has 1 aliphatic heterocycles. The number of ether oxygens (including phenoxy) is 1. The Kier molecular flexibility index (Phi) is 4.19. The van der Waals surface area contributed by atoms with Gasteiger partial charge in [0.2, 0.25) is 11.8 Å². The lowest BCUT2D eigenvalue weighted by Crippen LogP contribution is -2.22. The van der Waals surface area contributed by atoms with Gasteiger partial charge in [0.25, 0.3) is 0 Å². The number of hydrogen-bond donors (Lipinski definition) is 1. The number of carboxylic acids is 1. The van der Waals surface area contributed by atoms with Gasteiger partial charge in [-0.25, -0.2) is 4.98 Å². The van der Waals surface area contributed by atoms with E-state index in [1.165, 1.54) is 0 Å². The van der Waals surface area contributed by atoms with Gasteiger partial charge in [0.05, 0.1) is 7.11 Å². The van der Waals surface area contributed by atoms with Gasteiger partial charge in [0.15, 0.2) is 0 Å². The fraction of sp³-hybridized carbons (Fsp3) is 0.615. The van der Waals surface area contributed by atoms with Crippen molar-refractivity contribution in [3.63, 3.8) is 0 Å². The van der Waals surface area contributed by atoms with Gasteiger partial charge >= 0.3 is 5.97 Å². The monoisotopic (exact) mass is 265 g/mol. The molecule has 104 valence electrons. The highest BCUT2D eigenvalue weighted by Gasteiger charge is 2.25.